The Morgan fingerprint density at radius 2 is 1.94 bits per heavy atom. The molecule has 7 heteroatoms. The van der Waals surface area contributed by atoms with Crippen molar-refractivity contribution in [1.82, 2.24) is 14.1 Å². The maximum Gasteiger partial charge on any atom is 0.262 e. The van der Waals surface area contributed by atoms with E-state index in [2.05, 4.69) is 4.57 Å². The number of nitrogens with zero attached hydrogens (tertiary/aromatic N) is 3. The molecule has 0 amide bonds. The van der Waals surface area contributed by atoms with E-state index in [-0.39, 0.29) is 23.1 Å². The molecule has 1 aromatic carbocycles. The van der Waals surface area contributed by atoms with E-state index in [1.807, 2.05) is 48.7 Å². The number of aryl methyl sites for hydroxylation is 1. The number of methoxy groups -OCH3 is 1. The number of hydrogen-bond acceptors (Lipinski definition) is 5. The molecule has 1 fully saturated rings. The van der Waals surface area contributed by atoms with Gasteiger partial charge >= 0.3 is 0 Å². The van der Waals surface area contributed by atoms with Gasteiger partial charge in [-0.2, -0.15) is 0 Å². The summed E-state index contributed by atoms with van der Waals surface area (Å²) in [6.45, 7) is 5.32. The van der Waals surface area contributed by atoms with Crippen molar-refractivity contribution >= 4 is 28.4 Å². The average Bonchev–Trinajstić information content (AvgIpc) is 3.10. The summed E-state index contributed by atoms with van der Waals surface area (Å²) in [4.78, 5) is 31.3. The second-order valence-corrected chi connectivity index (χ2v) is 9.46. The van der Waals surface area contributed by atoms with Gasteiger partial charge in [0.15, 0.2) is 10.9 Å². The standard InChI is InChI=1S/C25H31N3O3S/c1-17-15-21(18(2)27(17)13-14-31-3)23(29)16-32-25-26-22-12-8-7-11-20(22)24(30)28(25)19-9-5-4-6-10-19/h7-8,11-12,15,19H,4-6,9-10,13-14,16H2,1-3H3. The summed E-state index contributed by atoms with van der Waals surface area (Å²) in [6, 6.07) is 9.61. The third kappa shape index (κ3) is 4.55. The zero-order chi connectivity index (χ0) is 22.7. The molecule has 4 rings (SSSR count). The molecule has 2 heterocycles. The minimum Gasteiger partial charge on any atom is -0.383 e. The number of rotatable bonds is 8. The van der Waals surface area contributed by atoms with Gasteiger partial charge in [0.05, 0.1) is 23.3 Å². The Morgan fingerprint density at radius 1 is 1.19 bits per heavy atom. The summed E-state index contributed by atoms with van der Waals surface area (Å²) in [7, 11) is 1.68. The second kappa shape index (κ2) is 10.0. The quantitative estimate of drug-likeness (QED) is 0.275. The number of fused-ring (bicyclic) bond motifs is 1. The predicted octanol–water partition coefficient (Wildman–Crippen LogP) is 4.94. The molecule has 0 saturated heterocycles. The molecule has 6 nitrogen and oxygen atoms in total. The van der Waals surface area contributed by atoms with E-state index in [0.29, 0.717) is 22.7 Å². The largest absolute Gasteiger partial charge is 0.383 e. The summed E-state index contributed by atoms with van der Waals surface area (Å²) in [5.41, 5.74) is 3.45. The van der Waals surface area contributed by atoms with Gasteiger partial charge in [-0.25, -0.2) is 4.98 Å². The van der Waals surface area contributed by atoms with Crippen LogP contribution in [0.2, 0.25) is 0 Å². The molecule has 170 valence electrons. The molecule has 32 heavy (non-hydrogen) atoms. The highest BCUT2D eigenvalue weighted by atomic mass is 32.2. The third-order valence-corrected chi connectivity index (χ3v) is 7.39. The molecule has 2 aromatic heterocycles. The Morgan fingerprint density at radius 3 is 2.69 bits per heavy atom. The van der Waals surface area contributed by atoms with E-state index in [1.54, 1.807) is 7.11 Å². The number of para-hydroxylation sites is 1. The molecule has 1 saturated carbocycles. The van der Waals surface area contributed by atoms with Crippen LogP contribution < -0.4 is 5.56 Å². The van der Waals surface area contributed by atoms with Crippen LogP contribution in [0.5, 0.6) is 0 Å². The van der Waals surface area contributed by atoms with Crippen LogP contribution >= 0.6 is 11.8 Å². The SMILES string of the molecule is COCCn1c(C)cc(C(=O)CSc2nc3ccccc3c(=O)n2C2CCCCC2)c1C. The van der Waals surface area contributed by atoms with Crippen molar-refractivity contribution in [3.8, 4) is 0 Å². The molecule has 1 aliphatic carbocycles. The molecule has 0 bridgehead atoms. The van der Waals surface area contributed by atoms with E-state index in [1.165, 1.54) is 18.2 Å². The smallest absolute Gasteiger partial charge is 0.262 e. The maximum atomic E-state index is 13.4. The van der Waals surface area contributed by atoms with Crippen LogP contribution in [0.4, 0.5) is 0 Å². The van der Waals surface area contributed by atoms with Crippen molar-refractivity contribution in [1.29, 1.82) is 0 Å². The van der Waals surface area contributed by atoms with Crippen molar-refractivity contribution in [2.45, 2.75) is 63.7 Å². The molecule has 1 aliphatic rings. The molecule has 3 aromatic rings. The van der Waals surface area contributed by atoms with Crippen molar-refractivity contribution < 1.29 is 9.53 Å². The lowest BCUT2D eigenvalue weighted by molar-refractivity contribution is 0.102. The van der Waals surface area contributed by atoms with E-state index >= 15 is 0 Å². The lowest BCUT2D eigenvalue weighted by Crippen LogP contribution is -2.29. The number of hydrogen-bond donors (Lipinski definition) is 0. The Bertz CT molecular complexity index is 1180. The first-order valence-corrected chi connectivity index (χ1v) is 12.3. The summed E-state index contributed by atoms with van der Waals surface area (Å²) in [6.07, 6.45) is 5.44. The van der Waals surface area contributed by atoms with Crippen molar-refractivity contribution in [3.05, 3.63) is 57.6 Å². The van der Waals surface area contributed by atoms with Gasteiger partial charge in [0.1, 0.15) is 0 Å². The van der Waals surface area contributed by atoms with Crippen molar-refractivity contribution in [3.63, 3.8) is 0 Å². The first-order valence-electron chi connectivity index (χ1n) is 11.3. The molecular formula is C25H31N3O3S. The highest BCUT2D eigenvalue weighted by Gasteiger charge is 2.23. The molecule has 0 N–H and O–H groups in total. The normalized spacial score (nSPS) is 14.8. The minimum atomic E-state index is 0.00944. The second-order valence-electron chi connectivity index (χ2n) is 8.52. The van der Waals surface area contributed by atoms with Gasteiger partial charge in [0.2, 0.25) is 0 Å². The van der Waals surface area contributed by atoms with Crippen LogP contribution in [0, 0.1) is 13.8 Å². The first kappa shape index (κ1) is 22.8. The number of ketones is 1. The van der Waals surface area contributed by atoms with E-state index in [9.17, 15) is 9.59 Å². The van der Waals surface area contributed by atoms with Gasteiger partial charge in [0.25, 0.3) is 5.56 Å². The van der Waals surface area contributed by atoms with Gasteiger partial charge < -0.3 is 9.30 Å². The number of thioether (sulfide) groups is 1. The number of carbonyl (C=O) groups excluding carboxylic acids is 1. The molecule has 0 radical (unpaired) electrons. The molecule has 0 unspecified atom stereocenters. The fourth-order valence-electron chi connectivity index (χ4n) is 4.71. The van der Waals surface area contributed by atoms with Gasteiger partial charge in [-0.05, 0) is 44.9 Å². The average molecular weight is 454 g/mol. The van der Waals surface area contributed by atoms with E-state index in [0.717, 1.165) is 49.2 Å². The van der Waals surface area contributed by atoms with Crippen molar-refractivity contribution in [2.24, 2.45) is 0 Å². The summed E-state index contributed by atoms with van der Waals surface area (Å²) >= 11 is 1.38. The van der Waals surface area contributed by atoms with Crippen LogP contribution in [-0.4, -0.2) is 39.4 Å². The summed E-state index contributed by atoms with van der Waals surface area (Å²) in [5, 5.41) is 1.30. The fraction of sp³-hybridized carbons (Fsp3) is 0.480. The van der Waals surface area contributed by atoms with E-state index in [4.69, 9.17) is 9.72 Å². The number of Topliss-reactive ketones (excluding diaryl/α,β-unsaturated/α-hetero) is 1. The molecule has 0 atom stereocenters. The summed E-state index contributed by atoms with van der Waals surface area (Å²) < 4.78 is 9.18. The van der Waals surface area contributed by atoms with Gasteiger partial charge in [0, 0.05) is 36.6 Å². The van der Waals surface area contributed by atoms with Gasteiger partial charge in [-0.3, -0.25) is 14.2 Å². The van der Waals surface area contributed by atoms with E-state index < -0.39 is 0 Å². The van der Waals surface area contributed by atoms with Crippen LogP contribution in [-0.2, 0) is 11.3 Å². The van der Waals surface area contributed by atoms with Crippen LogP contribution in [0.15, 0.2) is 40.3 Å². The molecular weight excluding hydrogens is 422 g/mol. The monoisotopic (exact) mass is 453 g/mol. The lowest BCUT2D eigenvalue weighted by Gasteiger charge is -2.26. The lowest BCUT2D eigenvalue weighted by atomic mass is 9.95. The Kier molecular flexibility index (Phi) is 7.16. The van der Waals surface area contributed by atoms with Crippen molar-refractivity contribution in [2.75, 3.05) is 19.5 Å². The predicted molar refractivity (Wildman–Crippen MR) is 129 cm³/mol. The number of aromatic nitrogens is 3. The van der Waals surface area contributed by atoms with Crippen LogP contribution in [0.25, 0.3) is 10.9 Å². The zero-order valence-corrected chi connectivity index (χ0v) is 19.9. The highest BCUT2D eigenvalue weighted by Crippen LogP contribution is 2.31. The van der Waals surface area contributed by atoms with Gasteiger partial charge in [-0.1, -0.05) is 43.2 Å². The number of carbonyl (C=O) groups is 1. The highest BCUT2D eigenvalue weighted by molar-refractivity contribution is 7.99. The number of benzene rings is 1. The molecule has 0 spiro atoms. The Hall–Kier alpha value is -2.38. The van der Waals surface area contributed by atoms with Gasteiger partial charge in [-0.15, -0.1) is 0 Å². The Balaban J connectivity index is 1.63. The maximum absolute atomic E-state index is 13.4. The van der Waals surface area contributed by atoms with Crippen LogP contribution in [0.1, 0.15) is 59.9 Å². The zero-order valence-electron chi connectivity index (χ0n) is 19.1. The summed E-state index contributed by atoms with van der Waals surface area (Å²) in [5.74, 6) is 0.316. The third-order valence-electron chi connectivity index (χ3n) is 6.44. The Labute approximate surface area is 193 Å². The van der Waals surface area contributed by atoms with Crippen LogP contribution in [0.3, 0.4) is 0 Å². The topological polar surface area (TPSA) is 66.1 Å². The molecule has 0 aliphatic heterocycles. The number of ether oxygens (including phenoxy) is 1. The first-order chi connectivity index (χ1) is 15.5. The fourth-order valence-corrected chi connectivity index (χ4v) is 5.66. The minimum absolute atomic E-state index is 0.00944.